The van der Waals surface area contributed by atoms with Gasteiger partial charge in [-0.3, -0.25) is 0 Å². The molecule has 0 aliphatic heterocycles. The zero-order valence-electron chi connectivity index (χ0n) is 26.0. The zero-order chi connectivity index (χ0) is 31.9. The van der Waals surface area contributed by atoms with Gasteiger partial charge in [0.2, 0.25) is 0 Å². The SMILES string of the molecule is Cc1ccc(-c2ccc3c4ccccc4n(-c4ccc(C#N)cc4-c4nc(-c5ccccc5)nc(-c5ccccc5)n4)c3c2)c(C)c1. The number of benzene rings is 6. The van der Waals surface area contributed by atoms with Crippen molar-refractivity contribution in [1.29, 1.82) is 5.26 Å². The molecule has 0 aliphatic rings. The molecule has 0 saturated carbocycles. The minimum Gasteiger partial charge on any atom is -0.308 e. The summed E-state index contributed by atoms with van der Waals surface area (Å²) in [6.07, 6.45) is 0. The Bertz CT molecular complexity index is 2430. The first-order valence-corrected chi connectivity index (χ1v) is 15.6. The second-order valence-corrected chi connectivity index (χ2v) is 11.8. The highest BCUT2D eigenvalue weighted by Gasteiger charge is 2.20. The molecular formula is C42H29N5. The van der Waals surface area contributed by atoms with Crippen molar-refractivity contribution in [2.45, 2.75) is 13.8 Å². The highest BCUT2D eigenvalue weighted by molar-refractivity contribution is 6.10. The van der Waals surface area contributed by atoms with E-state index in [9.17, 15) is 5.26 Å². The molecule has 5 nitrogen and oxygen atoms in total. The van der Waals surface area contributed by atoms with E-state index in [4.69, 9.17) is 15.0 Å². The van der Waals surface area contributed by atoms with Crippen molar-refractivity contribution in [2.75, 3.05) is 0 Å². The molecule has 0 unspecified atom stereocenters. The Labute approximate surface area is 273 Å². The molecule has 0 atom stereocenters. The number of fused-ring (bicyclic) bond motifs is 3. The molecule has 0 aliphatic carbocycles. The van der Waals surface area contributed by atoms with Crippen LogP contribution in [0.3, 0.4) is 0 Å². The van der Waals surface area contributed by atoms with E-state index in [0.717, 1.165) is 49.7 Å². The summed E-state index contributed by atoms with van der Waals surface area (Å²) in [6, 6.07) is 49.7. The summed E-state index contributed by atoms with van der Waals surface area (Å²) in [5.41, 5.74) is 10.9. The fourth-order valence-corrected chi connectivity index (χ4v) is 6.44. The summed E-state index contributed by atoms with van der Waals surface area (Å²) < 4.78 is 2.28. The van der Waals surface area contributed by atoms with E-state index in [2.05, 4.69) is 85.1 Å². The number of nitrogens with zero attached hydrogens (tertiary/aromatic N) is 5. The second-order valence-electron chi connectivity index (χ2n) is 11.8. The number of para-hydroxylation sites is 1. The Balaban J connectivity index is 1.43. The molecule has 0 radical (unpaired) electrons. The molecule has 8 rings (SSSR count). The van der Waals surface area contributed by atoms with Gasteiger partial charge in [-0.2, -0.15) is 5.26 Å². The molecule has 5 heteroatoms. The summed E-state index contributed by atoms with van der Waals surface area (Å²) in [4.78, 5) is 15.0. The highest BCUT2D eigenvalue weighted by Crippen LogP contribution is 2.38. The molecule has 0 saturated heterocycles. The lowest BCUT2D eigenvalue weighted by Crippen LogP contribution is -2.04. The summed E-state index contributed by atoms with van der Waals surface area (Å²) in [5, 5.41) is 12.3. The Morgan fingerprint density at radius 1 is 0.511 bits per heavy atom. The predicted octanol–water partition coefficient (Wildman–Crippen LogP) is 10.1. The monoisotopic (exact) mass is 603 g/mol. The molecule has 0 fully saturated rings. The van der Waals surface area contributed by atoms with Crippen LogP contribution < -0.4 is 0 Å². The molecule has 0 bridgehead atoms. The lowest BCUT2D eigenvalue weighted by Gasteiger charge is -2.15. The fraction of sp³-hybridized carbons (Fsp3) is 0.0476. The predicted molar refractivity (Wildman–Crippen MR) is 190 cm³/mol. The van der Waals surface area contributed by atoms with Gasteiger partial charge >= 0.3 is 0 Å². The van der Waals surface area contributed by atoms with E-state index in [0.29, 0.717) is 23.0 Å². The molecule has 6 aromatic carbocycles. The van der Waals surface area contributed by atoms with Crippen molar-refractivity contribution in [3.8, 4) is 57.0 Å². The van der Waals surface area contributed by atoms with E-state index in [-0.39, 0.29) is 0 Å². The van der Waals surface area contributed by atoms with E-state index >= 15 is 0 Å². The quantitative estimate of drug-likeness (QED) is 0.196. The number of aryl methyl sites for hydroxylation is 2. The summed E-state index contributed by atoms with van der Waals surface area (Å²) >= 11 is 0. The smallest absolute Gasteiger partial charge is 0.166 e. The molecule has 0 amide bonds. The highest BCUT2D eigenvalue weighted by atomic mass is 15.1. The number of hydrogen-bond acceptors (Lipinski definition) is 4. The third-order valence-electron chi connectivity index (χ3n) is 8.67. The molecule has 2 aromatic heterocycles. The van der Waals surface area contributed by atoms with Gasteiger partial charge in [0.15, 0.2) is 17.5 Å². The van der Waals surface area contributed by atoms with Crippen molar-refractivity contribution in [3.05, 3.63) is 156 Å². The zero-order valence-corrected chi connectivity index (χ0v) is 26.0. The van der Waals surface area contributed by atoms with Gasteiger partial charge in [-0.15, -0.1) is 0 Å². The van der Waals surface area contributed by atoms with Crippen LogP contribution in [0.15, 0.2) is 140 Å². The maximum absolute atomic E-state index is 10.0. The van der Waals surface area contributed by atoms with Gasteiger partial charge in [0, 0.05) is 27.5 Å². The van der Waals surface area contributed by atoms with Crippen LogP contribution >= 0.6 is 0 Å². The molecule has 47 heavy (non-hydrogen) atoms. The van der Waals surface area contributed by atoms with Crippen molar-refractivity contribution >= 4 is 21.8 Å². The van der Waals surface area contributed by atoms with Gasteiger partial charge in [-0.1, -0.05) is 115 Å². The molecule has 2 heterocycles. The first-order chi connectivity index (χ1) is 23.1. The van der Waals surface area contributed by atoms with Gasteiger partial charge in [-0.25, -0.2) is 15.0 Å². The Kier molecular flexibility index (Phi) is 6.89. The average molecular weight is 604 g/mol. The molecule has 0 spiro atoms. The topological polar surface area (TPSA) is 67.4 Å². The van der Waals surface area contributed by atoms with Crippen LogP contribution in [0.2, 0.25) is 0 Å². The first kappa shape index (κ1) is 28.1. The second kappa shape index (κ2) is 11.5. The normalized spacial score (nSPS) is 11.2. The number of rotatable bonds is 5. The first-order valence-electron chi connectivity index (χ1n) is 15.6. The summed E-state index contributed by atoms with van der Waals surface area (Å²) in [7, 11) is 0. The van der Waals surface area contributed by atoms with E-state index in [1.54, 1.807) is 0 Å². The molecular weight excluding hydrogens is 574 g/mol. The molecule has 222 valence electrons. The summed E-state index contributed by atoms with van der Waals surface area (Å²) in [5.74, 6) is 1.64. The van der Waals surface area contributed by atoms with Crippen molar-refractivity contribution in [1.82, 2.24) is 19.5 Å². The van der Waals surface area contributed by atoms with Crippen molar-refractivity contribution in [2.24, 2.45) is 0 Å². The fourth-order valence-electron chi connectivity index (χ4n) is 6.44. The van der Waals surface area contributed by atoms with Crippen LogP contribution in [0.4, 0.5) is 0 Å². The lowest BCUT2D eigenvalue weighted by atomic mass is 9.97. The largest absolute Gasteiger partial charge is 0.308 e. The molecule has 0 N–H and O–H groups in total. The van der Waals surface area contributed by atoms with E-state index in [1.807, 2.05) is 78.9 Å². The number of hydrogen-bond donors (Lipinski definition) is 0. The summed E-state index contributed by atoms with van der Waals surface area (Å²) in [6.45, 7) is 4.29. The average Bonchev–Trinajstić information content (AvgIpc) is 3.45. The number of nitriles is 1. The lowest BCUT2D eigenvalue weighted by molar-refractivity contribution is 1.06. The van der Waals surface area contributed by atoms with Crippen molar-refractivity contribution < 1.29 is 0 Å². The standard InChI is InChI=1S/C42H29N5/c1-27-17-20-33(28(2)23-27)32-19-21-35-34-15-9-10-16-37(34)47(39(35)25-32)38-22-18-29(26-43)24-36(38)42-45-40(30-11-5-3-6-12-30)44-41(46-42)31-13-7-4-8-14-31/h3-25H,1-2H3. The maximum Gasteiger partial charge on any atom is 0.166 e. The minimum absolute atomic E-state index is 0.501. The van der Waals surface area contributed by atoms with Gasteiger partial charge in [0.25, 0.3) is 0 Å². The minimum atomic E-state index is 0.501. The molecule has 8 aromatic rings. The van der Waals surface area contributed by atoms with Crippen LogP contribution in [0, 0.1) is 25.2 Å². The van der Waals surface area contributed by atoms with Crippen LogP contribution in [0.25, 0.3) is 72.8 Å². The van der Waals surface area contributed by atoms with Crippen molar-refractivity contribution in [3.63, 3.8) is 0 Å². The third kappa shape index (κ3) is 5.03. The Morgan fingerprint density at radius 2 is 1.15 bits per heavy atom. The van der Waals surface area contributed by atoms with Gasteiger partial charge in [0.1, 0.15) is 0 Å². The van der Waals surface area contributed by atoms with Gasteiger partial charge < -0.3 is 4.57 Å². The van der Waals surface area contributed by atoms with E-state index in [1.165, 1.54) is 16.7 Å². The van der Waals surface area contributed by atoms with Crippen LogP contribution in [0.5, 0.6) is 0 Å². The van der Waals surface area contributed by atoms with Gasteiger partial charge in [-0.05, 0) is 60.9 Å². The maximum atomic E-state index is 10.0. The van der Waals surface area contributed by atoms with Crippen LogP contribution in [-0.2, 0) is 0 Å². The Morgan fingerprint density at radius 3 is 1.83 bits per heavy atom. The Hall–Kier alpha value is -6.38. The van der Waals surface area contributed by atoms with Crippen LogP contribution in [-0.4, -0.2) is 19.5 Å². The third-order valence-corrected chi connectivity index (χ3v) is 8.67. The van der Waals surface area contributed by atoms with Gasteiger partial charge in [0.05, 0.1) is 28.4 Å². The van der Waals surface area contributed by atoms with Crippen LogP contribution in [0.1, 0.15) is 16.7 Å². The van der Waals surface area contributed by atoms with E-state index < -0.39 is 0 Å². The number of aromatic nitrogens is 4.